The molecular formula is C15H13ClN2OS. The molecule has 2 N–H and O–H groups in total. The van der Waals surface area contributed by atoms with Crippen molar-refractivity contribution in [3.05, 3.63) is 52.5 Å². The minimum atomic E-state index is -0.0395. The van der Waals surface area contributed by atoms with Crippen molar-refractivity contribution in [2.24, 2.45) is 0 Å². The molecule has 20 heavy (non-hydrogen) atoms. The molecule has 0 unspecified atom stereocenters. The number of aromatic nitrogens is 2. The van der Waals surface area contributed by atoms with Crippen molar-refractivity contribution in [1.29, 1.82) is 0 Å². The lowest BCUT2D eigenvalue weighted by Crippen LogP contribution is -1.88. The highest BCUT2D eigenvalue weighted by Gasteiger charge is 2.08. The zero-order valence-electron chi connectivity index (χ0n) is 10.9. The Morgan fingerprint density at radius 1 is 1.25 bits per heavy atom. The summed E-state index contributed by atoms with van der Waals surface area (Å²) in [5.74, 6) is 0. The molecule has 2 aromatic carbocycles. The van der Waals surface area contributed by atoms with Crippen LogP contribution in [-0.2, 0) is 6.61 Å². The normalized spacial score (nSPS) is 11.2. The lowest BCUT2D eigenvalue weighted by molar-refractivity contribution is 0.279. The van der Waals surface area contributed by atoms with Crippen LogP contribution >= 0.6 is 23.4 Å². The summed E-state index contributed by atoms with van der Waals surface area (Å²) in [5.41, 5.74) is 3.96. The second-order valence-electron chi connectivity index (χ2n) is 4.57. The van der Waals surface area contributed by atoms with Crippen LogP contribution in [0.5, 0.6) is 0 Å². The maximum Gasteiger partial charge on any atom is 0.171 e. The first-order valence-electron chi connectivity index (χ1n) is 6.19. The van der Waals surface area contributed by atoms with Gasteiger partial charge in [0.2, 0.25) is 0 Å². The molecule has 0 saturated carbocycles. The first-order chi connectivity index (χ1) is 9.65. The highest BCUT2D eigenvalue weighted by molar-refractivity contribution is 7.99. The number of benzene rings is 2. The molecule has 3 aromatic rings. The lowest BCUT2D eigenvalue weighted by Gasteiger charge is -2.05. The van der Waals surface area contributed by atoms with Crippen LogP contribution < -0.4 is 0 Å². The Morgan fingerprint density at radius 2 is 2.10 bits per heavy atom. The van der Waals surface area contributed by atoms with Gasteiger partial charge in [-0.25, -0.2) is 4.98 Å². The van der Waals surface area contributed by atoms with Gasteiger partial charge in [-0.05, 0) is 48.4 Å². The third-order valence-electron chi connectivity index (χ3n) is 3.02. The Labute approximate surface area is 126 Å². The average molecular weight is 305 g/mol. The molecule has 5 heteroatoms. The number of hydrogen-bond donors (Lipinski definition) is 2. The summed E-state index contributed by atoms with van der Waals surface area (Å²) in [6, 6.07) is 11.6. The maximum absolute atomic E-state index is 9.39. The molecule has 0 saturated heterocycles. The van der Waals surface area contributed by atoms with Crippen molar-refractivity contribution in [2.75, 3.05) is 0 Å². The topological polar surface area (TPSA) is 48.9 Å². The minimum Gasteiger partial charge on any atom is -0.392 e. The van der Waals surface area contributed by atoms with E-state index in [9.17, 15) is 5.11 Å². The standard InChI is InChI=1S/C15H13ClN2OS/c1-9-2-4-12-13(6-9)18-15(17-12)20-14-5-3-11(16)7-10(14)8-19/h2-7,19H,8H2,1H3,(H,17,18). The van der Waals surface area contributed by atoms with Crippen LogP contribution in [0.4, 0.5) is 0 Å². The monoisotopic (exact) mass is 304 g/mol. The maximum atomic E-state index is 9.39. The van der Waals surface area contributed by atoms with Crippen molar-refractivity contribution in [3.8, 4) is 0 Å². The number of aliphatic hydroxyl groups excluding tert-OH is 1. The molecule has 1 heterocycles. The molecule has 0 aliphatic rings. The van der Waals surface area contributed by atoms with Crippen LogP contribution in [0.2, 0.25) is 5.02 Å². The molecule has 0 aliphatic carbocycles. The van der Waals surface area contributed by atoms with Gasteiger partial charge >= 0.3 is 0 Å². The number of aryl methyl sites for hydroxylation is 1. The van der Waals surface area contributed by atoms with Gasteiger partial charge in [0.15, 0.2) is 5.16 Å². The largest absolute Gasteiger partial charge is 0.392 e. The Hall–Kier alpha value is -1.49. The predicted molar refractivity (Wildman–Crippen MR) is 82.3 cm³/mol. The van der Waals surface area contributed by atoms with E-state index in [0.29, 0.717) is 5.02 Å². The van der Waals surface area contributed by atoms with Crippen molar-refractivity contribution < 1.29 is 5.11 Å². The summed E-state index contributed by atoms with van der Waals surface area (Å²) in [6.45, 7) is 2.01. The number of nitrogens with one attached hydrogen (secondary N) is 1. The van der Waals surface area contributed by atoms with Crippen LogP contribution in [-0.4, -0.2) is 15.1 Å². The summed E-state index contributed by atoms with van der Waals surface area (Å²) in [5, 5.41) is 10.8. The van der Waals surface area contributed by atoms with Crippen LogP contribution in [0, 0.1) is 6.92 Å². The SMILES string of the molecule is Cc1ccc2nc(Sc3ccc(Cl)cc3CO)[nH]c2c1. The number of imidazole rings is 1. The van der Waals surface area contributed by atoms with Crippen LogP contribution in [0.3, 0.4) is 0 Å². The molecule has 0 fully saturated rings. The summed E-state index contributed by atoms with van der Waals surface area (Å²) >= 11 is 7.43. The van der Waals surface area contributed by atoms with Gasteiger partial charge in [0.25, 0.3) is 0 Å². The number of H-pyrrole nitrogens is 1. The van der Waals surface area contributed by atoms with Crippen LogP contribution in [0.15, 0.2) is 46.5 Å². The van der Waals surface area contributed by atoms with Crippen molar-refractivity contribution >= 4 is 34.4 Å². The second kappa shape index (κ2) is 5.48. The summed E-state index contributed by atoms with van der Waals surface area (Å²) in [4.78, 5) is 8.78. The number of aliphatic hydroxyl groups is 1. The quantitative estimate of drug-likeness (QED) is 0.763. The summed E-state index contributed by atoms with van der Waals surface area (Å²) in [7, 11) is 0. The van der Waals surface area contributed by atoms with E-state index in [0.717, 1.165) is 26.6 Å². The van der Waals surface area contributed by atoms with E-state index >= 15 is 0 Å². The number of nitrogens with zero attached hydrogens (tertiary/aromatic N) is 1. The Balaban J connectivity index is 1.96. The van der Waals surface area contributed by atoms with E-state index in [1.807, 2.05) is 24.3 Å². The molecule has 102 valence electrons. The number of aromatic amines is 1. The summed E-state index contributed by atoms with van der Waals surface area (Å²) in [6.07, 6.45) is 0. The highest BCUT2D eigenvalue weighted by atomic mass is 35.5. The number of hydrogen-bond acceptors (Lipinski definition) is 3. The van der Waals surface area contributed by atoms with E-state index in [4.69, 9.17) is 11.6 Å². The van der Waals surface area contributed by atoms with E-state index < -0.39 is 0 Å². The molecule has 0 amide bonds. The van der Waals surface area contributed by atoms with Crippen LogP contribution in [0.1, 0.15) is 11.1 Å². The van der Waals surface area contributed by atoms with Crippen molar-refractivity contribution in [3.63, 3.8) is 0 Å². The number of fused-ring (bicyclic) bond motifs is 1. The van der Waals surface area contributed by atoms with E-state index in [-0.39, 0.29) is 6.61 Å². The van der Waals surface area contributed by atoms with E-state index in [1.165, 1.54) is 17.3 Å². The second-order valence-corrected chi connectivity index (χ2v) is 6.04. The smallest absolute Gasteiger partial charge is 0.171 e. The molecule has 3 rings (SSSR count). The molecule has 3 nitrogen and oxygen atoms in total. The first kappa shape index (κ1) is 13.5. The minimum absolute atomic E-state index is 0.0395. The fourth-order valence-electron chi connectivity index (χ4n) is 2.02. The van der Waals surface area contributed by atoms with Gasteiger partial charge in [-0.3, -0.25) is 0 Å². The molecule has 1 aromatic heterocycles. The van der Waals surface area contributed by atoms with Gasteiger partial charge in [0.1, 0.15) is 0 Å². The average Bonchev–Trinajstić information content (AvgIpc) is 2.82. The van der Waals surface area contributed by atoms with E-state index in [1.54, 1.807) is 6.07 Å². The Bertz CT molecular complexity index is 770. The first-order valence-corrected chi connectivity index (χ1v) is 7.38. The van der Waals surface area contributed by atoms with E-state index in [2.05, 4.69) is 23.0 Å². The van der Waals surface area contributed by atoms with Gasteiger partial charge in [0.05, 0.1) is 17.6 Å². The van der Waals surface area contributed by atoms with Gasteiger partial charge in [0, 0.05) is 9.92 Å². The molecular weight excluding hydrogens is 292 g/mol. The predicted octanol–water partition coefficient (Wildman–Crippen LogP) is 4.17. The lowest BCUT2D eigenvalue weighted by atomic mass is 10.2. The van der Waals surface area contributed by atoms with Gasteiger partial charge in [-0.1, -0.05) is 29.4 Å². The number of halogens is 1. The third-order valence-corrected chi connectivity index (χ3v) is 4.26. The van der Waals surface area contributed by atoms with Crippen molar-refractivity contribution in [1.82, 2.24) is 9.97 Å². The summed E-state index contributed by atoms with van der Waals surface area (Å²) < 4.78 is 0. The zero-order chi connectivity index (χ0) is 14.1. The fourth-order valence-corrected chi connectivity index (χ4v) is 3.12. The molecule has 0 bridgehead atoms. The molecule has 0 aliphatic heterocycles. The highest BCUT2D eigenvalue weighted by Crippen LogP contribution is 2.31. The van der Waals surface area contributed by atoms with Gasteiger partial charge in [-0.2, -0.15) is 0 Å². The van der Waals surface area contributed by atoms with Gasteiger partial charge in [-0.15, -0.1) is 0 Å². The number of rotatable bonds is 3. The molecule has 0 radical (unpaired) electrons. The van der Waals surface area contributed by atoms with Crippen LogP contribution in [0.25, 0.3) is 11.0 Å². The zero-order valence-corrected chi connectivity index (χ0v) is 12.4. The molecule has 0 spiro atoms. The molecule has 0 atom stereocenters. The fraction of sp³-hybridized carbons (Fsp3) is 0.133. The Morgan fingerprint density at radius 3 is 2.90 bits per heavy atom. The van der Waals surface area contributed by atoms with Gasteiger partial charge < -0.3 is 10.1 Å². The third kappa shape index (κ3) is 2.68. The Kier molecular flexibility index (Phi) is 3.70. The van der Waals surface area contributed by atoms with Crippen molar-refractivity contribution in [2.45, 2.75) is 23.6 Å².